The second kappa shape index (κ2) is 6.15. The molecule has 2 aromatic rings. The second-order valence-electron chi connectivity index (χ2n) is 4.73. The monoisotopic (exact) mass is 275 g/mol. The maximum atomic E-state index is 5.83. The molecular formula is C15H21N3S. The highest BCUT2D eigenvalue weighted by Crippen LogP contribution is 2.28. The maximum absolute atomic E-state index is 5.83. The van der Waals surface area contributed by atoms with E-state index in [2.05, 4.69) is 42.2 Å². The highest BCUT2D eigenvalue weighted by atomic mass is 32.2. The number of rotatable bonds is 5. The van der Waals surface area contributed by atoms with Crippen molar-refractivity contribution in [1.82, 2.24) is 4.98 Å². The van der Waals surface area contributed by atoms with E-state index in [1.54, 1.807) is 0 Å². The minimum absolute atomic E-state index is 0.540. The predicted octanol–water partition coefficient (Wildman–Crippen LogP) is 3.39. The predicted molar refractivity (Wildman–Crippen MR) is 87.0 cm³/mol. The summed E-state index contributed by atoms with van der Waals surface area (Å²) in [6, 6.07) is 8.56. The third-order valence-electron chi connectivity index (χ3n) is 3.50. The molecule has 0 spiro atoms. The van der Waals surface area contributed by atoms with Crippen LogP contribution in [0.25, 0.3) is 10.9 Å². The van der Waals surface area contributed by atoms with Gasteiger partial charge in [0.2, 0.25) is 0 Å². The Balaban J connectivity index is 2.44. The summed E-state index contributed by atoms with van der Waals surface area (Å²) >= 11 is 1.89. The van der Waals surface area contributed by atoms with Crippen LogP contribution in [-0.4, -0.2) is 30.1 Å². The van der Waals surface area contributed by atoms with Gasteiger partial charge in [0, 0.05) is 41.8 Å². The van der Waals surface area contributed by atoms with Crippen LogP contribution in [0, 0.1) is 0 Å². The number of hydrogen-bond acceptors (Lipinski definition) is 4. The topological polar surface area (TPSA) is 42.2 Å². The molecule has 0 amide bonds. The van der Waals surface area contributed by atoms with Gasteiger partial charge in [0.1, 0.15) is 0 Å². The van der Waals surface area contributed by atoms with Crippen molar-refractivity contribution in [3.63, 3.8) is 0 Å². The Morgan fingerprint density at radius 2 is 2.16 bits per heavy atom. The van der Waals surface area contributed by atoms with E-state index in [1.807, 2.05) is 30.1 Å². The average Bonchev–Trinajstić information content (AvgIpc) is 2.43. The van der Waals surface area contributed by atoms with E-state index in [1.165, 1.54) is 11.1 Å². The first-order valence-electron chi connectivity index (χ1n) is 6.53. The summed E-state index contributed by atoms with van der Waals surface area (Å²) in [6.45, 7) is 2.23. The van der Waals surface area contributed by atoms with Crippen molar-refractivity contribution < 1.29 is 0 Å². The van der Waals surface area contributed by atoms with E-state index in [4.69, 9.17) is 5.73 Å². The van der Waals surface area contributed by atoms with Crippen molar-refractivity contribution in [2.45, 2.75) is 19.4 Å². The van der Waals surface area contributed by atoms with Crippen molar-refractivity contribution in [2.24, 2.45) is 0 Å². The molecule has 1 aromatic heterocycles. The smallest absolute Gasteiger partial charge is 0.0743 e. The van der Waals surface area contributed by atoms with Crippen LogP contribution in [0.2, 0.25) is 0 Å². The van der Waals surface area contributed by atoms with Gasteiger partial charge in [0.05, 0.1) is 5.52 Å². The minimum Gasteiger partial charge on any atom is -0.399 e. The number of fused-ring (bicyclic) bond motifs is 1. The van der Waals surface area contributed by atoms with Crippen LogP contribution in [0.3, 0.4) is 0 Å². The number of hydrogen-bond donors (Lipinski definition) is 1. The molecule has 1 aromatic carbocycles. The van der Waals surface area contributed by atoms with Gasteiger partial charge in [0.25, 0.3) is 0 Å². The van der Waals surface area contributed by atoms with E-state index < -0.39 is 0 Å². The number of nitrogens with two attached hydrogens (primary N) is 1. The summed E-state index contributed by atoms with van der Waals surface area (Å²) in [6.07, 6.45) is 5.15. The van der Waals surface area contributed by atoms with E-state index in [9.17, 15) is 0 Å². The second-order valence-corrected chi connectivity index (χ2v) is 5.65. The lowest BCUT2D eigenvalue weighted by atomic mass is 10.1. The van der Waals surface area contributed by atoms with Crippen LogP contribution in [0.5, 0.6) is 0 Å². The summed E-state index contributed by atoms with van der Waals surface area (Å²) in [7, 11) is 2.16. The normalized spacial score (nSPS) is 12.6. The zero-order valence-electron chi connectivity index (χ0n) is 11.8. The third-order valence-corrected chi connectivity index (χ3v) is 4.22. The van der Waals surface area contributed by atoms with Gasteiger partial charge in [-0.25, -0.2) is 0 Å². The van der Waals surface area contributed by atoms with Crippen molar-refractivity contribution in [3.05, 3.63) is 30.5 Å². The Morgan fingerprint density at radius 1 is 1.37 bits per heavy atom. The van der Waals surface area contributed by atoms with Gasteiger partial charge in [-0.3, -0.25) is 4.98 Å². The fourth-order valence-corrected chi connectivity index (χ4v) is 3.19. The summed E-state index contributed by atoms with van der Waals surface area (Å²) in [4.78, 5) is 6.76. The summed E-state index contributed by atoms with van der Waals surface area (Å²) < 4.78 is 0. The van der Waals surface area contributed by atoms with Crippen LogP contribution in [0.1, 0.15) is 13.3 Å². The highest BCUT2D eigenvalue weighted by Gasteiger charge is 2.15. The van der Waals surface area contributed by atoms with Crippen LogP contribution >= 0.6 is 11.8 Å². The van der Waals surface area contributed by atoms with Gasteiger partial charge in [-0.2, -0.15) is 11.8 Å². The first-order chi connectivity index (χ1) is 9.17. The van der Waals surface area contributed by atoms with Crippen molar-refractivity contribution in [2.75, 3.05) is 29.7 Å². The molecule has 2 rings (SSSR count). The average molecular weight is 275 g/mol. The fraction of sp³-hybridized carbons (Fsp3) is 0.400. The molecule has 0 bridgehead atoms. The first kappa shape index (κ1) is 14.0. The third kappa shape index (κ3) is 2.95. The number of nitrogen functional groups attached to an aromatic ring is 1. The SMILES string of the molecule is CCC(CSC)N(C)c1ccnc2cc(N)ccc12. The van der Waals surface area contributed by atoms with Crippen LogP contribution in [-0.2, 0) is 0 Å². The van der Waals surface area contributed by atoms with Crippen molar-refractivity contribution in [1.29, 1.82) is 0 Å². The Kier molecular flexibility index (Phi) is 4.53. The summed E-state index contributed by atoms with van der Waals surface area (Å²) in [5.41, 5.74) is 8.78. The van der Waals surface area contributed by atoms with E-state index >= 15 is 0 Å². The van der Waals surface area contributed by atoms with Crippen LogP contribution < -0.4 is 10.6 Å². The van der Waals surface area contributed by atoms with Gasteiger partial charge in [0.15, 0.2) is 0 Å². The number of aromatic nitrogens is 1. The molecule has 0 radical (unpaired) electrons. The number of pyridine rings is 1. The molecule has 0 aliphatic rings. The number of nitrogens with zero attached hydrogens (tertiary/aromatic N) is 2. The molecule has 1 unspecified atom stereocenters. The van der Waals surface area contributed by atoms with E-state index in [0.29, 0.717) is 6.04 Å². The molecule has 3 nitrogen and oxygen atoms in total. The van der Waals surface area contributed by atoms with Crippen LogP contribution in [0.4, 0.5) is 11.4 Å². The Hall–Kier alpha value is -1.42. The Labute approximate surface area is 119 Å². The fourth-order valence-electron chi connectivity index (χ4n) is 2.35. The van der Waals surface area contributed by atoms with Gasteiger partial charge in [-0.05, 0) is 36.9 Å². The number of benzene rings is 1. The summed E-state index contributed by atoms with van der Waals surface area (Å²) in [5.74, 6) is 1.13. The molecule has 0 aliphatic carbocycles. The molecule has 2 N–H and O–H groups in total. The number of thioether (sulfide) groups is 1. The van der Waals surface area contributed by atoms with Gasteiger partial charge in [-0.15, -0.1) is 0 Å². The van der Waals surface area contributed by atoms with Crippen molar-refractivity contribution >= 4 is 34.0 Å². The minimum atomic E-state index is 0.540. The van der Waals surface area contributed by atoms with Gasteiger partial charge in [-0.1, -0.05) is 6.92 Å². The largest absolute Gasteiger partial charge is 0.399 e. The molecule has 1 heterocycles. The number of anilines is 2. The Bertz CT molecular complexity index is 556. The molecule has 4 heteroatoms. The first-order valence-corrected chi connectivity index (χ1v) is 7.92. The highest BCUT2D eigenvalue weighted by molar-refractivity contribution is 7.98. The van der Waals surface area contributed by atoms with E-state index in [0.717, 1.165) is 23.4 Å². The molecule has 19 heavy (non-hydrogen) atoms. The quantitative estimate of drug-likeness (QED) is 0.849. The lowest BCUT2D eigenvalue weighted by Gasteiger charge is -2.29. The molecule has 0 saturated heterocycles. The van der Waals surface area contributed by atoms with Crippen molar-refractivity contribution in [3.8, 4) is 0 Å². The van der Waals surface area contributed by atoms with Crippen LogP contribution in [0.15, 0.2) is 30.5 Å². The lowest BCUT2D eigenvalue weighted by Crippen LogP contribution is -2.33. The molecule has 0 fully saturated rings. The molecule has 0 saturated carbocycles. The standard InChI is InChI=1S/C15H21N3S/c1-4-12(10-19-3)18(2)15-7-8-17-14-9-11(16)5-6-13(14)15/h5-9,12H,4,10,16H2,1-3H3. The summed E-state index contributed by atoms with van der Waals surface area (Å²) in [5, 5.41) is 1.17. The van der Waals surface area contributed by atoms with E-state index in [-0.39, 0.29) is 0 Å². The molecule has 0 aliphatic heterocycles. The lowest BCUT2D eigenvalue weighted by molar-refractivity contribution is 0.675. The molecule has 1 atom stereocenters. The molecule has 102 valence electrons. The zero-order valence-corrected chi connectivity index (χ0v) is 12.6. The van der Waals surface area contributed by atoms with Gasteiger partial charge >= 0.3 is 0 Å². The Morgan fingerprint density at radius 3 is 2.84 bits per heavy atom. The zero-order chi connectivity index (χ0) is 13.8. The molecular weight excluding hydrogens is 254 g/mol. The maximum Gasteiger partial charge on any atom is 0.0743 e. The van der Waals surface area contributed by atoms with Gasteiger partial charge < -0.3 is 10.6 Å².